The van der Waals surface area contributed by atoms with Crippen molar-refractivity contribution < 1.29 is 23.1 Å². The molecule has 8 nitrogen and oxygen atoms in total. The van der Waals surface area contributed by atoms with Crippen LogP contribution in [0.2, 0.25) is 0 Å². The van der Waals surface area contributed by atoms with E-state index in [1.54, 1.807) is 6.07 Å². The summed E-state index contributed by atoms with van der Waals surface area (Å²) in [5.74, 6) is -0.896. The van der Waals surface area contributed by atoms with Crippen LogP contribution in [0.25, 0.3) is 0 Å². The number of carbonyl (C=O) groups is 1. The van der Waals surface area contributed by atoms with E-state index in [1.807, 2.05) is 43.5 Å². The van der Waals surface area contributed by atoms with Crippen LogP contribution in [0.1, 0.15) is 39.5 Å². The fourth-order valence-electron chi connectivity index (χ4n) is 4.08. The van der Waals surface area contributed by atoms with Gasteiger partial charge in [-0.25, -0.2) is 13.1 Å². The molecule has 1 aliphatic heterocycles. The van der Waals surface area contributed by atoms with Gasteiger partial charge in [-0.2, -0.15) is 0 Å². The van der Waals surface area contributed by atoms with Crippen LogP contribution >= 0.6 is 11.8 Å². The first-order valence-corrected chi connectivity index (χ1v) is 14.1. The molecule has 0 aliphatic carbocycles. The number of unbranched alkanes of at least 4 members (excludes halogenated alkanes) is 1. The highest BCUT2D eigenvalue weighted by Crippen LogP contribution is 2.43. The van der Waals surface area contributed by atoms with E-state index in [-0.39, 0.29) is 11.5 Å². The van der Waals surface area contributed by atoms with Crippen LogP contribution in [-0.4, -0.2) is 50.5 Å². The van der Waals surface area contributed by atoms with Gasteiger partial charge < -0.3 is 20.5 Å². The third-order valence-electron chi connectivity index (χ3n) is 6.13. The van der Waals surface area contributed by atoms with Gasteiger partial charge in [-0.05, 0) is 37.3 Å². The van der Waals surface area contributed by atoms with E-state index < -0.39 is 27.6 Å². The zero-order chi connectivity index (χ0) is 24.9. The first kappa shape index (κ1) is 26.3. The number of sulfonamides is 1. The molecule has 0 radical (unpaired) electrons. The zero-order valence-corrected chi connectivity index (χ0v) is 21.4. The number of ether oxygens (including phenoxy) is 1. The summed E-state index contributed by atoms with van der Waals surface area (Å²) in [6, 6.07) is 11.8. The summed E-state index contributed by atoms with van der Waals surface area (Å²) in [6.07, 6.45) is 5.06. The lowest BCUT2D eigenvalue weighted by molar-refractivity contribution is -0.139. The maximum Gasteiger partial charge on any atom is 0.324 e. The number of rotatable bonds is 10. The minimum absolute atomic E-state index is 0.0971. The Morgan fingerprint density at radius 3 is 2.59 bits per heavy atom. The lowest BCUT2D eigenvalue weighted by atomic mass is 9.89. The van der Waals surface area contributed by atoms with Gasteiger partial charge in [-0.15, -0.1) is 11.8 Å². The van der Waals surface area contributed by atoms with Gasteiger partial charge in [0, 0.05) is 18.3 Å². The van der Waals surface area contributed by atoms with Gasteiger partial charge in [0.25, 0.3) is 0 Å². The maximum absolute atomic E-state index is 13.7. The minimum atomic E-state index is -3.90. The number of nitrogens with one attached hydrogen (secondary N) is 1. The fraction of sp³-hybridized carbons (Fsp3) is 0.458. The molecule has 0 amide bonds. The van der Waals surface area contributed by atoms with E-state index >= 15 is 0 Å². The summed E-state index contributed by atoms with van der Waals surface area (Å²) < 4.78 is 36.1. The van der Waals surface area contributed by atoms with Crippen molar-refractivity contribution in [2.75, 3.05) is 24.3 Å². The van der Waals surface area contributed by atoms with Crippen LogP contribution in [0, 0.1) is 0 Å². The molecule has 34 heavy (non-hydrogen) atoms. The van der Waals surface area contributed by atoms with E-state index in [4.69, 9.17) is 15.6 Å². The standard InChI is InChI=1S/C24H33N3O5S2/c1-4-6-12-24(5-2)16-27(17-10-8-7-9-11-17)19-13-21(33-3)20(32-15-18(25)23(28)29)14-22(19)34(30,31)26-24/h7-11,13-14,18,26H,4-6,12,15-16,25H2,1-3H3,(H,28,29)/t18-,24-/m1/s1. The first-order chi connectivity index (χ1) is 16.2. The second kappa shape index (κ2) is 11.0. The van der Waals surface area contributed by atoms with Gasteiger partial charge >= 0.3 is 5.97 Å². The Morgan fingerprint density at radius 2 is 2.00 bits per heavy atom. The molecule has 4 N–H and O–H groups in total. The number of nitrogens with zero attached hydrogens (tertiary/aromatic N) is 1. The van der Waals surface area contributed by atoms with Crippen molar-refractivity contribution >= 4 is 39.1 Å². The summed E-state index contributed by atoms with van der Waals surface area (Å²) in [5, 5.41) is 9.09. The van der Waals surface area contributed by atoms with E-state index in [9.17, 15) is 13.2 Å². The maximum atomic E-state index is 13.7. The van der Waals surface area contributed by atoms with E-state index in [2.05, 4.69) is 16.5 Å². The Morgan fingerprint density at radius 1 is 1.29 bits per heavy atom. The minimum Gasteiger partial charge on any atom is -0.490 e. The topological polar surface area (TPSA) is 122 Å². The number of anilines is 2. The summed E-state index contributed by atoms with van der Waals surface area (Å²) in [6.45, 7) is 4.31. The Balaban J connectivity index is 2.18. The Labute approximate surface area is 205 Å². The van der Waals surface area contributed by atoms with Crippen LogP contribution in [0.4, 0.5) is 11.4 Å². The first-order valence-electron chi connectivity index (χ1n) is 11.4. The van der Waals surface area contributed by atoms with Crippen molar-refractivity contribution in [1.82, 2.24) is 4.72 Å². The highest BCUT2D eigenvalue weighted by molar-refractivity contribution is 7.98. The van der Waals surface area contributed by atoms with E-state index in [0.29, 0.717) is 35.7 Å². The molecule has 0 fully saturated rings. The molecule has 0 saturated heterocycles. The number of hydrogen-bond donors (Lipinski definition) is 3. The SMILES string of the molecule is CCCC[C@]1(CC)CN(c2ccccc2)c2cc(SC)c(OC[C@@H](N)C(=O)O)cc2S(=O)(=O)N1. The highest BCUT2D eigenvalue weighted by atomic mass is 32.2. The van der Waals surface area contributed by atoms with Crippen LogP contribution < -0.4 is 20.1 Å². The molecule has 0 bridgehead atoms. The number of para-hydroxylation sites is 1. The molecular formula is C24H33N3O5S2. The fourth-order valence-corrected chi connectivity index (χ4v) is 6.33. The molecule has 0 saturated carbocycles. The molecule has 2 atom stereocenters. The third-order valence-corrected chi connectivity index (χ3v) is 8.49. The predicted octanol–water partition coefficient (Wildman–Crippen LogP) is 3.97. The quantitative estimate of drug-likeness (QED) is 0.413. The number of fused-ring (bicyclic) bond motifs is 1. The number of aliphatic carboxylic acids is 1. The molecule has 186 valence electrons. The van der Waals surface area contributed by atoms with Crippen molar-refractivity contribution in [2.24, 2.45) is 5.73 Å². The third kappa shape index (κ3) is 5.68. The molecule has 0 spiro atoms. The molecule has 2 aromatic carbocycles. The monoisotopic (exact) mass is 507 g/mol. The van der Waals surface area contributed by atoms with Gasteiger partial charge in [-0.3, -0.25) is 4.79 Å². The number of benzene rings is 2. The van der Waals surface area contributed by atoms with E-state index in [0.717, 1.165) is 18.5 Å². The van der Waals surface area contributed by atoms with Gasteiger partial charge in [0.15, 0.2) is 0 Å². The molecule has 3 rings (SSSR count). The van der Waals surface area contributed by atoms with Crippen LogP contribution in [0.15, 0.2) is 52.3 Å². The smallest absolute Gasteiger partial charge is 0.324 e. The van der Waals surface area contributed by atoms with Crippen molar-refractivity contribution in [3.63, 3.8) is 0 Å². The Hall–Kier alpha value is -2.27. The summed E-state index contributed by atoms with van der Waals surface area (Å²) >= 11 is 1.40. The second-order valence-corrected chi connectivity index (χ2v) is 11.0. The van der Waals surface area contributed by atoms with Crippen molar-refractivity contribution in [3.8, 4) is 5.75 Å². The lowest BCUT2D eigenvalue weighted by Gasteiger charge is -2.36. The molecule has 1 heterocycles. The Bertz CT molecular complexity index is 1110. The van der Waals surface area contributed by atoms with Gasteiger partial charge in [0.05, 0.1) is 16.1 Å². The van der Waals surface area contributed by atoms with Crippen molar-refractivity contribution in [2.45, 2.75) is 60.9 Å². The van der Waals surface area contributed by atoms with Crippen molar-refractivity contribution in [3.05, 3.63) is 42.5 Å². The predicted molar refractivity (Wildman–Crippen MR) is 136 cm³/mol. The van der Waals surface area contributed by atoms with Gasteiger partial charge in [-0.1, -0.05) is 44.9 Å². The van der Waals surface area contributed by atoms with E-state index in [1.165, 1.54) is 17.8 Å². The number of carboxylic acids is 1. The highest BCUT2D eigenvalue weighted by Gasteiger charge is 2.41. The molecule has 0 aromatic heterocycles. The number of nitrogens with two attached hydrogens (primary N) is 1. The Kier molecular flexibility index (Phi) is 8.51. The van der Waals surface area contributed by atoms with Crippen LogP contribution in [-0.2, 0) is 14.8 Å². The van der Waals surface area contributed by atoms with Gasteiger partial charge in [0.2, 0.25) is 10.0 Å². The summed E-state index contributed by atoms with van der Waals surface area (Å²) in [4.78, 5) is 14.0. The molecule has 2 aromatic rings. The average molecular weight is 508 g/mol. The molecule has 10 heteroatoms. The summed E-state index contributed by atoms with van der Waals surface area (Å²) in [7, 11) is -3.90. The number of hydrogen-bond acceptors (Lipinski definition) is 7. The number of thioether (sulfide) groups is 1. The normalized spacial score (nSPS) is 20.3. The zero-order valence-electron chi connectivity index (χ0n) is 19.8. The number of carboxylic acid groups (broad SMARTS) is 1. The van der Waals surface area contributed by atoms with Crippen molar-refractivity contribution in [1.29, 1.82) is 0 Å². The molecule has 1 aliphatic rings. The van der Waals surface area contributed by atoms with Crippen LogP contribution in [0.5, 0.6) is 5.75 Å². The summed E-state index contributed by atoms with van der Waals surface area (Å²) in [5.41, 5.74) is 6.41. The molecular weight excluding hydrogens is 474 g/mol. The molecule has 0 unspecified atom stereocenters. The van der Waals surface area contributed by atoms with Gasteiger partial charge in [0.1, 0.15) is 23.3 Å². The lowest BCUT2D eigenvalue weighted by Crippen LogP contribution is -2.52. The van der Waals surface area contributed by atoms with Crippen LogP contribution in [0.3, 0.4) is 0 Å². The average Bonchev–Trinajstić information content (AvgIpc) is 2.93. The largest absolute Gasteiger partial charge is 0.490 e. The second-order valence-electron chi connectivity index (χ2n) is 8.49.